The number of rotatable bonds is 11. The lowest BCUT2D eigenvalue weighted by Crippen LogP contribution is -2.65. The molecular weight excluding hydrogens is 264 g/mol. The van der Waals surface area contributed by atoms with Crippen molar-refractivity contribution < 1.29 is 22.8 Å². The summed E-state index contributed by atoms with van der Waals surface area (Å²) in [5.41, 5.74) is 0. The molecule has 0 spiro atoms. The summed E-state index contributed by atoms with van der Waals surface area (Å²) in [6.07, 6.45) is 1.01. The smallest absolute Gasteiger partial charge is 0.372 e. The lowest BCUT2D eigenvalue weighted by Gasteiger charge is -2.42. The molecule has 2 unspecified atom stereocenters. The minimum Gasteiger partial charge on any atom is -0.372 e. The van der Waals surface area contributed by atoms with Crippen LogP contribution in [-0.4, -0.2) is 53.2 Å². The molecule has 1 saturated heterocycles. The van der Waals surface area contributed by atoms with E-state index in [1.54, 1.807) is 0 Å². The van der Waals surface area contributed by atoms with Gasteiger partial charge in [-0.15, -0.1) is 0 Å². The van der Waals surface area contributed by atoms with E-state index >= 15 is 0 Å². The van der Waals surface area contributed by atoms with Crippen molar-refractivity contribution in [3.63, 3.8) is 0 Å². The third kappa shape index (κ3) is 4.24. The molecular formula is C13H28O5Si. The molecule has 0 aromatic rings. The van der Waals surface area contributed by atoms with E-state index in [9.17, 15) is 0 Å². The molecule has 1 aliphatic rings. The number of ether oxygens (including phenoxy) is 2. The van der Waals surface area contributed by atoms with Crippen LogP contribution in [0.5, 0.6) is 0 Å². The molecule has 0 N–H and O–H groups in total. The van der Waals surface area contributed by atoms with Crippen molar-refractivity contribution in [1.29, 1.82) is 0 Å². The van der Waals surface area contributed by atoms with Crippen molar-refractivity contribution in [3.8, 4) is 0 Å². The van der Waals surface area contributed by atoms with Crippen molar-refractivity contribution in [2.45, 2.75) is 52.4 Å². The van der Waals surface area contributed by atoms with Gasteiger partial charge in [0.05, 0.1) is 13.2 Å². The summed E-state index contributed by atoms with van der Waals surface area (Å²) in [5, 5.41) is -0.527. The molecule has 6 heteroatoms. The van der Waals surface area contributed by atoms with Gasteiger partial charge in [0.15, 0.2) is 0 Å². The van der Waals surface area contributed by atoms with Crippen molar-refractivity contribution >= 4 is 8.80 Å². The SMILES string of the molecule is CCO[Si](OCC)(OCC)C(C)(CC)OCC1CO1. The number of hydrogen-bond donors (Lipinski definition) is 0. The van der Waals surface area contributed by atoms with E-state index in [0.29, 0.717) is 26.4 Å². The van der Waals surface area contributed by atoms with Gasteiger partial charge in [-0.05, 0) is 34.1 Å². The zero-order valence-corrected chi connectivity index (χ0v) is 13.9. The Labute approximate surface area is 117 Å². The highest BCUT2D eigenvalue weighted by Crippen LogP contribution is 2.32. The van der Waals surface area contributed by atoms with Crippen molar-refractivity contribution in [3.05, 3.63) is 0 Å². The molecule has 2 atom stereocenters. The molecule has 5 nitrogen and oxygen atoms in total. The molecule has 0 aliphatic carbocycles. The van der Waals surface area contributed by atoms with Crippen molar-refractivity contribution in [1.82, 2.24) is 0 Å². The maximum atomic E-state index is 6.09. The zero-order valence-electron chi connectivity index (χ0n) is 12.9. The van der Waals surface area contributed by atoms with Crippen LogP contribution in [-0.2, 0) is 22.8 Å². The molecule has 19 heavy (non-hydrogen) atoms. The second-order valence-electron chi connectivity index (χ2n) is 4.71. The lowest BCUT2D eigenvalue weighted by molar-refractivity contribution is -0.0674. The third-order valence-electron chi connectivity index (χ3n) is 3.32. The third-order valence-corrected chi connectivity index (χ3v) is 7.12. The van der Waals surface area contributed by atoms with Crippen molar-refractivity contribution in [2.24, 2.45) is 0 Å². The fraction of sp³-hybridized carbons (Fsp3) is 1.00. The van der Waals surface area contributed by atoms with Gasteiger partial charge in [-0.25, -0.2) is 0 Å². The minimum atomic E-state index is -2.87. The van der Waals surface area contributed by atoms with Gasteiger partial charge in [-0.3, -0.25) is 0 Å². The van der Waals surface area contributed by atoms with Gasteiger partial charge in [-0.1, -0.05) is 6.92 Å². The monoisotopic (exact) mass is 292 g/mol. The molecule has 1 heterocycles. The standard InChI is InChI=1S/C13H28O5Si/c1-6-13(5,15-11-12-10-14-12)19(16-7-2,17-8-3)18-9-4/h12H,6-11H2,1-5H3. The summed E-state index contributed by atoms with van der Waals surface area (Å²) in [7, 11) is -2.87. The first-order valence-corrected chi connectivity index (χ1v) is 8.97. The second-order valence-corrected chi connectivity index (χ2v) is 7.74. The second kappa shape index (κ2) is 7.71. The summed E-state index contributed by atoms with van der Waals surface area (Å²) in [6, 6.07) is 0. The molecule has 0 aromatic heterocycles. The van der Waals surface area contributed by atoms with Crippen LogP contribution in [0, 0.1) is 0 Å². The molecule has 1 fully saturated rings. The Hall–Kier alpha value is 0.0169. The molecule has 0 radical (unpaired) electrons. The van der Waals surface area contributed by atoms with Gasteiger partial charge in [0.25, 0.3) is 0 Å². The summed E-state index contributed by atoms with van der Waals surface area (Å²) in [4.78, 5) is 0. The van der Waals surface area contributed by atoms with Crippen LogP contribution in [0.4, 0.5) is 0 Å². The van der Waals surface area contributed by atoms with E-state index < -0.39 is 14.0 Å². The quantitative estimate of drug-likeness (QED) is 0.431. The first kappa shape index (κ1) is 17.1. The van der Waals surface area contributed by atoms with E-state index in [1.165, 1.54) is 0 Å². The Kier molecular flexibility index (Phi) is 6.92. The molecule has 1 rings (SSSR count). The maximum absolute atomic E-state index is 6.09. The number of epoxide rings is 1. The van der Waals surface area contributed by atoms with Crippen LogP contribution in [0.2, 0.25) is 0 Å². The fourth-order valence-electron chi connectivity index (χ4n) is 2.00. The predicted molar refractivity (Wildman–Crippen MR) is 75.0 cm³/mol. The van der Waals surface area contributed by atoms with Gasteiger partial charge in [-0.2, -0.15) is 0 Å². The molecule has 0 saturated carbocycles. The van der Waals surface area contributed by atoms with Crippen LogP contribution in [0.3, 0.4) is 0 Å². The summed E-state index contributed by atoms with van der Waals surface area (Å²) in [5.74, 6) is 0. The Bertz CT molecular complexity index is 242. The summed E-state index contributed by atoms with van der Waals surface area (Å²) >= 11 is 0. The Balaban J connectivity index is 2.85. The molecule has 0 bridgehead atoms. The van der Waals surface area contributed by atoms with E-state index in [-0.39, 0.29) is 6.10 Å². The van der Waals surface area contributed by atoms with Crippen LogP contribution >= 0.6 is 0 Å². The molecule has 0 amide bonds. The lowest BCUT2D eigenvalue weighted by atomic mass is 10.3. The van der Waals surface area contributed by atoms with Crippen LogP contribution < -0.4 is 0 Å². The maximum Gasteiger partial charge on any atom is 0.534 e. The molecule has 0 aromatic carbocycles. The average molecular weight is 292 g/mol. The average Bonchev–Trinajstić information content (AvgIpc) is 3.20. The fourth-order valence-corrected chi connectivity index (χ4v) is 5.00. The highest BCUT2D eigenvalue weighted by molar-refractivity contribution is 6.64. The highest BCUT2D eigenvalue weighted by Gasteiger charge is 2.59. The summed E-state index contributed by atoms with van der Waals surface area (Å²) < 4.78 is 29.1. The van der Waals surface area contributed by atoms with Crippen LogP contribution in [0.1, 0.15) is 41.0 Å². The first-order chi connectivity index (χ1) is 9.07. The Morgan fingerprint density at radius 1 is 1.05 bits per heavy atom. The summed E-state index contributed by atoms with van der Waals surface area (Å²) in [6.45, 7) is 13.0. The van der Waals surface area contributed by atoms with E-state index in [0.717, 1.165) is 13.0 Å². The van der Waals surface area contributed by atoms with E-state index in [1.807, 2.05) is 27.7 Å². The first-order valence-electron chi connectivity index (χ1n) is 7.24. The minimum absolute atomic E-state index is 0.224. The van der Waals surface area contributed by atoms with E-state index in [4.69, 9.17) is 22.8 Å². The number of hydrogen-bond acceptors (Lipinski definition) is 5. The molecule has 114 valence electrons. The van der Waals surface area contributed by atoms with Gasteiger partial charge in [0.2, 0.25) is 0 Å². The van der Waals surface area contributed by atoms with Gasteiger partial charge in [0, 0.05) is 19.8 Å². The van der Waals surface area contributed by atoms with Gasteiger partial charge in [0.1, 0.15) is 11.3 Å². The topological polar surface area (TPSA) is 49.5 Å². The van der Waals surface area contributed by atoms with Crippen LogP contribution in [0.15, 0.2) is 0 Å². The predicted octanol–water partition coefficient (Wildman–Crippen LogP) is 2.16. The largest absolute Gasteiger partial charge is 0.534 e. The molecule has 1 aliphatic heterocycles. The van der Waals surface area contributed by atoms with Crippen molar-refractivity contribution in [2.75, 3.05) is 33.0 Å². The van der Waals surface area contributed by atoms with Gasteiger partial charge < -0.3 is 22.8 Å². The van der Waals surface area contributed by atoms with E-state index in [2.05, 4.69) is 6.92 Å². The Morgan fingerprint density at radius 2 is 1.53 bits per heavy atom. The highest BCUT2D eigenvalue weighted by atomic mass is 28.4. The van der Waals surface area contributed by atoms with Gasteiger partial charge >= 0.3 is 8.80 Å². The normalized spacial score (nSPS) is 22.3. The van der Waals surface area contributed by atoms with Crippen LogP contribution in [0.25, 0.3) is 0 Å². The zero-order chi connectivity index (χ0) is 14.4. The Morgan fingerprint density at radius 3 is 1.84 bits per heavy atom.